The molecule has 5 nitrogen and oxygen atoms in total. The lowest BCUT2D eigenvalue weighted by Crippen LogP contribution is -2.12. The third kappa shape index (κ3) is 2.82. The van der Waals surface area contributed by atoms with Gasteiger partial charge in [-0.2, -0.15) is 0 Å². The molecule has 3 rings (SSSR count). The number of hydrogen-bond donors (Lipinski definition) is 2. The average Bonchev–Trinajstić information content (AvgIpc) is 2.91. The second-order valence-electron chi connectivity index (χ2n) is 5.43. The number of aromatic amines is 1. The summed E-state index contributed by atoms with van der Waals surface area (Å²) >= 11 is 0. The highest BCUT2D eigenvalue weighted by atomic mass is 32.2. The van der Waals surface area contributed by atoms with Gasteiger partial charge in [-0.15, -0.1) is 0 Å². The van der Waals surface area contributed by atoms with Crippen molar-refractivity contribution in [2.45, 2.75) is 24.7 Å². The molecule has 0 amide bonds. The second-order valence-corrected chi connectivity index (χ2v) is 7.11. The molecule has 0 aliphatic rings. The number of anilines is 1. The Morgan fingerprint density at radius 2 is 1.82 bits per heavy atom. The predicted molar refractivity (Wildman–Crippen MR) is 87.4 cm³/mol. The van der Waals surface area contributed by atoms with Gasteiger partial charge < -0.3 is 4.98 Å². The molecule has 22 heavy (non-hydrogen) atoms. The Morgan fingerprint density at radius 1 is 1.09 bits per heavy atom. The summed E-state index contributed by atoms with van der Waals surface area (Å²) in [5.74, 6) is 1.18. The molecule has 0 radical (unpaired) electrons. The van der Waals surface area contributed by atoms with E-state index in [0.29, 0.717) is 5.69 Å². The topological polar surface area (TPSA) is 74.8 Å². The highest BCUT2D eigenvalue weighted by molar-refractivity contribution is 7.92. The van der Waals surface area contributed by atoms with Gasteiger partial charge in [-0.05, 0) is 30.3 Å². The van der Waals surface area contributed by atoms with E-state index < -0.39 is 10.0 Å². The molecule has 3 aromatic rings. The van der Waals surface area contributed by atoms with Crippen LogP contribution in [0.15, 0.2) is 53.4 Å². The van der Waals surface area contributed by atoms with Crippen LogP contribution >= 0.6 is 0 Å². The molecular formula is C16H17N3O2S. The Morgan fingerprint density at radius 3 is 2.50 bits per heavy atom. The van der Waals surface area contributed by atoms with Crippen LogP contribution in [0.5, 0.6) is 0 Å². The lowest BCUT2D eigenvalue weighted by molar-refractivity contribution is 0.601. The summed E-state index contributed by atoms with van der Waals surface area (Å²) in [5.41, 5.74) is 2.15. The van der Waals surface area contributed by atoms with E-state index in [1.165, 1.54) is 0 Å². The average molecular weight is 315 g/mol. The van der Waals surface area contributed by atoms with Crippen LogP contribution in [-0.2, 0) is 10.0 Å². The third-order valence-corrected chi connectivity index (χ3v) is 4.75. The largest absolute Gasteiger partial charge is 0.342 e. The number of benzene rings is 2. The number of aromatic nitrogens is 2. The van der Waals surface area contributed by atoms with Gasteiger partial charge in [-0.3, -0.25) is 4.72 Å². The van der Waals surface area contributed by atoms with Crippen LogP contribution in [0, 0.1) is 0 Å². The SMILES string of the molecule is CC(C)c1nc2ccc(NS(=O)(=O)c3ccccc3)cc2[nH]1. The smallest absolute Gasteiger partial charge is 0.261 e. The van der Waals surface area contributed by atoms with Crippen LogP contribution in [0.4, 0.5) is 5.69 Å². The van der Waals surface area contributed by atoms with Crippen molar-refractivity contribution in [3.8, 4) is 0 Å². The van der Waals surface area contributed by atoms with Crippen LogP contribution in [0.1, 0.15) is 25.6 Å². The number of imidazole rings is 1. The first-order valence-corrected chi connectivity index (χ1v) is 8.51. The third-order valence-electron chi connectivity index (χ3n) is 3.35. The molecule has 0 spiro atoms. The molecule has 1 aromatic heterocycles. The van der Waals surface area contributed by atoms with E-state index in [1.54, 1.807) is 48.5 Å². The molecule has 0 saturated heterocycles. The van der Waals surface area contributed by atoms with Crippen molar-refractivity contribution in [3.63, 3.8) is 0 Å². The minimum Gasteiger partial charge on any atom is -0.342 e. The lowest BCUT2D eigenvalue weighted by Gasteiger charge is -2.07. The van der Waals surface area contributed by atoms with Crippen LogP contribution in [0.3, 0.4) is 0 Å². The minimum atomic E-state index is -3.58. The lowest BCUT2D eigenvalue weighted by atomic mass is 10.2. The van der Waals surface area contributed by atoms with Crippen LogP contribution < -0.4 is 4.72 Å². The van der Waals surface area contributed by atoms with E-state index in [-0.39, 0.29) is 10.8 Å². The van der Waals surface area contributed by atoms with Crippen LogP contribution in [0.2, 0.25) is 0 Å². The van der Waals surface area contributed by atoms with E-state index >= 15 is 0 Å². The molecule has 0 saturated carbocycles. The van der Waals surface area contributed by atoms with Gasteiger partial charge in [0.05, 0.1) is 21.6 Å². The molecule has 0 aliphatic heterocycles. The number of nitrogens with zero attached hydrogens (tertiary/aromatic N) is 1. The van der Waals surface area contributed by atoms with Gasteiger partial charge in [0.2, 0.25) is 0 Å². The maximum atomic E-state index is 12.3. The number of hydrogen-bond acceptors (Lipinski definition) is 3. The maximum absolute atomic E-state index is 12.3. The molecule has 0 fully saturated rings. The number of fused-ring (bicyclic) bond motifs is 1. The van der Waals surface area contributed by atoms with Crippen molar-refractivity contribution in [2.75, 3.05) is 4.72 Å². The molecule has 2 aromatic carbocycles. The molecule has 0 unspecified atom stereocenters. The second kappa shape index (κ2) is 5.46. The van der Waals surface area contributed by atoms with Gasteiger partial charge in [0, 0.05) is 5.92 Å². The monoisotopic (exact) mass is 315 g/mol. The first kappa shape index (κ1) is 14.6. The standard InChI is InChI=1S/C16H17N3O2S/c1-11(2)16-17-14-9-8-12(10-15(14)18-16)19-22(20,21)13-6-4-3-5-7-13/h3-11,19H,1-2H3,(H,17,18). The van der Waals surface area contributed by atoms with E-state index in [9.17, 15) is 8.42 Å². The zero-order chi connectivity index (χ0) is 15.7. The summed E-state index contributed by atoms with van der Waals surface area (Å²) in [4.78, 5) is 7.93. The fraction of sp³-hybridized carbons (Fsp3) is 0.188. The number of rotatable bonds is 4. The van der Waals surface area contributed by atoms with Crippen LogP contribution in [-0.4, -0.2) is 18.4 Å². The summed E-state index contributed by atoms with van der Waals surface area (Å²) in [6.45, 7) is 4.10. The summed E-state index contributed by atoms with van der Waals surface area (Å²) in [7, 11) is -3.58. The zero-order valence-corrected chi connectivity index (χ0v) is 13.2. The molecule has 114 valence electrons. The highest BCUT2D eigenvalue weighted by Gasteiger charge is 2.14. The van der Waals surface area contributed by atoms with Gasteiger partial charge in [-0.25, -0.2) is 13.4 Å². The van der Waals surface area contributed by atoms with Gasteiger partial charge in [-0.1, -0.05) is 32.0 Å². The van der Waals surface area contributed by atoms with Crippen molar-refractivity contribution in [1.29, 1.82) is 0 Å². The molecule has 6 heteroatoms. The normalized spacial score (nSPS) is 12.0. The Labute approximate surface area is 129 Å². The van der Waals surface area contributed by atoms with E-state index in [2.05, 4.69) is 28.5 Å². The number of nitrogens with one attached hydrogen (secondary N) is 2. The summed E-state index contributed by atoms with van der Waals surface area (Å²) in [6.07, 6.45) is 0. The Hall–Kier alpha value is -2.34. The molecule has 2 N–H and O–H groups in total. The molecule has 0 atom stereocenters. The van der Waals surface area contributed by atoms with Gasteiger partial charge in [0.15, 0.2) is 0 Å². The zero-order valence-electron chi connectivity index (χ0n) is 12.4. The predicted octanol–water partition coefficient (Wildman–Crippen LogP) is 3.49. The van der Waals surface area contributed by atoms with E-state index in [1.807, 2.05) is 0 Å². The first-order chi connectivity index (χ1) is 10.5. The number of sulfonamides is 1. The van der Waals surface area contributed by atoms with Crippen molar-refractivity contribution in [3.05, 3.63) is 54.4 Å². The van der Waals surface area contributed by atoms with Crippen LogP contribution in [0.25, 0.3) is 11.0 Å². The van der Waals surface area contributed by atoms with Gasteiger partial charge in [0.25, 0.3) is 10.0 Å². The Bertz CT molecular complexity index is 900. The first-order valence-electron chi connectivity index (χ1n) is 7.03. The number of H-pyrrole nitrogens is 1. The van der Waals surface area contributed by atoms with Crippen molar-refractivity contribution in [2.24, 2.45) is 0 Å². The fourth-order valence-corrected chi connectivity index (χ4v) is 3.25. The Kier molecular flexibility index (Phi) is 3.62. The minimum absolute atomic E-state index is 0.238. The molecule has 0 bridgehead atoms. The fourth-order valence-electron chi connectivity index (χ4n) is 2.18. The summed E-state index contributed by atoms with van der Waals surface area (Å²) in [6, 6.07) is 13.6. The van der Waals surface area contributed by atoms with E-state index in [4.69, 9.17) is 0 Å². The molecule has 1 heterocycles. The maximum Gasteiger partial charge on any atom is 0.261 e. The molecular weight excluding hydrogens is 298 g/mol. The highest BCUT2D eigenvalue weighted by Crippen LogP contribution is 2.22. The summed E-state index contributed by atoms with van der Waals surface area (Å²) in [5, 5.41) is 0. The molecule has 0 aliphatic carbocycles. The van der Waals surface area contributed by atoms with E-state index in [0.717, 1.165) is 16.9 Å². The Balaban J connectivity index is 1.94. The van der Waals surface area contributed by atoms with Crippen molar-refractivity contribution < 1.29 is 8.42 Å². The van der Waals surface area contributed by atoms with Crippen molar-refractivity contribution >= 4 is 26.7 Å². The van der Waals surface area contributed by atoms with Gasteiger partial charge in [0.1, 0.15) is 5.82 Å². The summed E-state index contributed by atoms with van der Waals surface area (Å²) < 4.78 is 27.2. The van der Waals surface area contributed by atoms with Crippen molar-refractivity contribution in [1.82, 2.24) is 9.97 Å². The quantitative estimate of drug-likeness (QED) is 0.774. The van der Waals surface area contributed by atoms with Gasteiger partial charge >= 0.3 is 0 Å².